The number of likely N-dealkylation sites (N-methyl/N-ethyl adjacent to an activating group) is 1. The van der Waals surface area contributed by atoms with Crippen LogP contribution in [0.1, 0.15) is 6.92 Å². The lowest BCUT2D eigenvalue weighted by molar-refractivity contribution is -0.119. The number of nitrogens with one attached hydrogen (secondary N) is 3. The molecule has 0 aromatic carbocycles. The minimum absolute atomic E-state index is 0.00528. The number of amides is 1. The molecule has 6 nitrogen and oxygen atoms in total. The van der Waals surface area contributed by atoms with E-state index >= 15 is 0 Å². The summed E-state index contributed by atoms with van der Waals surface area (Å²) >= 11 is 5.68. The molecule has 0 unspecified atom stereocenters. The molecule has 7 heteroatoms. The van der Waals surface area contributed by atoms with Crippen LogP contribution in [0.4, 0.5) is 5.69 Å². The molecule has 0 aliphatic heterocycles. The number of hydrogen-bond acceptors (Lipinski definition) is 4. The van der Waals surface area contributed by atoms with Gasteiger partial charge in [0.25, 0.3) is 5.56 Å². The van der Waals surface area contributed by atoms with Gasteiger partial charge < -0.3 is 10.6 Å². The van der Waals surface area contributed by atoms with Gasteiger partial charge in [-0.25, -0.2) is 5.10 Å². The lowest BCUT2D eigenvalue weighted by atomic mass is 10.4. The van der Waals surface area contributed by atoms with Crippen LogP contribution in [0.25, 0.3) is 0 Å². The Labute approximate surface area is 91.0 Å². The van der Waals surface area contributed by atoms with Gasteiger partial charge in [0.2, 0.25) is 5.91 Å². The van der Waals surface area contributed by atoms with Crippen LogP contribution in [0, 0.1) is 0 Å². The first-order valence-electron chi connectivity index (χ1n) is 4.39. The Kier molecular flexibility index (Phi) is 4.11. The summed E-state index contributed by atoms with van der Waals surface area (Å²) in [6, 6.07) is 0. The van der Waals surface area contributed by atoms with E-state index in [1.165, 1.54) is 6.20 Å². The molecule has 0 saturated heterocycles. The van der Waals surface area contributed by atoms with Crippen molar-refractivity contribution in [3.8, 4) is 0 Å². The molecule has 3 N–H and O–H groups in total. The van der Waals surface area contributed by atoms with Crippen molar-refractivity contribution in [2.45, 2.75) is 6.92 Å². The third kappa shape index (κ3) is 3.25. The van der Waals surface area contributed by atoms with Crippen LogP contribution in [-0.4, -0.2) is 29.2 Å². The van der Waals surface area contributed by atoms with Crippen molar-refractivity contribution in [3.05, 3.63) is 21.6 Å². The second-order valence-electron chi connectivity index (χ2n) is 2.73. The van der Waals surface area contributed by atoms with Gasteiger partial charge in [0, 0.05) is 6.54 Å². The van der Waals surface area contributed by atoms with Crippen LogP contribution in [0.15, 0.2) is 11.0 Å². The summed E-state index contributed by atoms with van der Waals surface area (Å²) in [6.45, 7) is 2.43. The van der Waals surface area contributed by atoms with E-state index in [2.05, 4.69) is 20.8 Å². The minimum atomic E-state index is -0.488. The molecule has 0 aliphatic rings. The van der Waals surface area contributed by atoms with Gasteiger partial charge in [-0.15, -0.1) is 0 Å². The Morgan fingerprint density at radius 1 is 1.67 bits per heavy atom. The minimum Gasteiger partial charge on any atom is -0.373 e. The fraction of sp³-hybridized carbons (Fsp3) is 0.375. The maximum absolute atomic E-state index is 11.1. The molecule has 0 bridgehead atoms. The predicted octanol–water partition coefficient (Wildman–Crippen LogP) is -0.0287. The zero-order valence-corrected chi connectivity index (χ0v) is 8.89. The predicted molar refractivity (Wildman–Crippen MR) is 57.0 cm³/mol. The summed E-state index contributed by atoms with van der Waals surface area (Å²) in [5.41, 5.74) is -0.149. The Morgan fingerprint density at radius 2 is 2.40 bits per heavy atom. The Bertz CT molecular complexity index is 404. The van der Waals surface area contributed by atoms with E-state index in [-0.39, 0.29) is 17.5 Å². The molecule has 0 saturated carbocycles. The van der Waals surface area contributed by atoms with E-state index in [0.29, 0.717) is 12.2 Å². The Hall–Kier alpha value is -1.56. The number of halogens is 1. The summed E-state index contributed by atoms with van der Waals surface area (Å²) in [6.07, 6.45) is 1.35. The van der Waals surface area contributed by atoms with Gasteiger partial charge in [0.1, 0.15) is 5.02 Å². The van der Waals surface area contributed by atoms with Gasteiger partial charge >= 0.3 is 0 Å². The van der Waals surface area contributed by atoms with Crippen molar-refractivity contribution in [3.63, 3.8) is 0 Å². The number of anilines is 1. The first-order valence-corrected chi connectivity index (χ1v) is 4.76. The molecular weight excluding hydrogens is 220 g/mol. The number of aromatic nitrogens is 2. The molecule has 82 valence electrons. The summed E-state index contributed by atoms with van der Waals surface area (Å²) in [5.74, 6) is -0.172. The normalized spacial score (nSPS) is 9.73. The zero-order valence-electron chi connectivity index (χ0n) is 8.13. The topological polar surface area (TPSA) is 86.9 Å². The molecule has 1 amide bonds. The van der Waals surface area contributed by atoms with Gasteiger partial charge in [-0.2, -0.15) is 5.10 Å². The SMILES string of the molecule is CCNC(=O)CNc1cn[nH]c(=O)c1Cl. The average Bonchev–Trinajstić information content (AvgIpc) is 2.21. The summed E-state index contributed by atoms with van der Waals surface area (Å²) < 4.78 is 0. The second-order valence-corrected chi connectivity index (χ2v) is 3.11. The first kappa shape index (κ1) is 11.5. The maximum atomic E-state index is 11.1. The van der Waals surface area contributed by atoms with E-state index < -0.39 is 5.56 Å². The number of H-pyrrole nitrogens is 1. The van der Waals surface area contributed by atoms with Gasteiger partial charge in [-0.1, -0.05) is 11.6 Å². The molecule has 0 atom stereocenters. The summed E-state index contributed by atoms with van der Waals surface area (Å²) in [5, 5.41) is 11.0. The fourth-order valence-corrected chi connectivity index (χ4v) is 1.10. The van der Waals surface area contributed by atoms with E-state index in [4.69, 9.17) is 11.6 Å². The molecule has 1 heterocycles. The highest BCUT2D eigenvalue weighted by atomic mass is 35.5. The Morgan fingerprint density at radius 3 is 3.07 bits per heavy atom. The standard InChI is InChI=1S/C8H11ClN4O2/c1-2-10-6(14)4-11-5-3-12-13-8(15)7(5)9/h3H,2,4H2,1H3,(H,10,14)(H2,11,13,15). The van der Waals surface area contributed by atoms with Crippen molar-refractivity contribution in [2.24, 2.45) is 0 Å². The molecule has 0 fully saturated rings. The molecule has 1 rings (SSSR count). The molecule has 1 aromatic heterocycles. The number of hydrogen-bond donors (Lipinski definition) is 3. The highest BCUT2D eigenvalue weighted by Crippen LogP contribution is 2.13. The van der Waals surface area contributed by atoms with Crippen LogP contribution in [0.5, 0.6) is 0 Å². The van der Waals surface area contributed by atoms with Crippen LogP contribution in [-0.2, 0) is 4.79 Å². The molecule has 15 heavy (non-hydrogen) atoms. The molecule has 0 aliphatic carbocycles. The van der Waals surface area contributed by atoms with Crippen molar-refractivity contribution >= 4 is 23.2 Å². The lowest BCUT2D eigenvalue weighted by Crippen LogP contribution is -2.29. The molecule has 0 spiro atoms. The van der Waals surface area contributed by atoms with E-state index in [0.717, 1.165) is 0 Å². The van der Waals surface area contributed by atoms with E-state index in [1.54, 1.807) is 0 Å². The molecule has 1 aromatic rings. The van der Waals surface area contributed by atoms with Gasteiger partial charge in [-0.3, -0.25) is 9.59 Å². The molecular formula is C8H11ClN4O2. The molecule has 0 radical (unpaired) electrons. The summed E-state index contributed by atoms with van der Waals surface area (Å²) in [4.78, 5) is 22.1. The van der Waals surface area contributed by atoms with Crippen LogP contribution >= 0.6 is 11.6 Å². The maximum Gasteiger partial charge on any atom is 0.285 e. The van der Waals surface area contributed by atoms with Crippen molar-refractivity contribution in [2.75, 3.05) is 18.4 Å². The highest BCUT2D eigenvalue weighted by molar-refractivity contribution is 6.32. The highest BCUT2D eigenvalue weighted by Gasteiger charge is 2.05. The van der Waals surface area contributed by atoms with Crippen molar-refractivity contribution in [1.82, 2.24) is 15.5 Å². The van der Waals surface area contributed by atoms with E-state index in [1.807, 2.05) is 6.92 Å². The average molecular weight is 231 g/mol. The Balaban J connectivity index is 2.62. The monoisotopic (exact) mass is 230 g/mol. The van der Waals surface area contributed by atoms with Crippen LogP contribution in [0.3, 0.4) is 0 Å². The second kappa shape index (κ2) is 5.35. The number of aromatic amines is 1. The van der Waals surface area contributed by atoms with Crippen molar-refractivity contribution < 1.29 is 4.79 Å². The van der Waals surface area contributed by atoms with Crippen LogP contribution in [0.2, 0.25) is 5.02 Å². The first-order chi connectivity index (χ1) is 7.15. The number of carbonyl (C=O) groups excluding carboxylic acids is 1. The quantitative estimate of drug-likeness (QED) is 0.678. The summed E-state index contributed by atoms with van der Waals surface area (Å²) in [7, 11) is 0. The lowest BCUT2D eigenvalue weighted by Gasteiger charge is -2.06. The van der Waals surface area contributed by atoms with Crippen LogP contribution < -0.4 is 16.2 Å². The number of rotatable bonds is 4. The zero-order chi connectivity index (χ0) is 11.3. The van der Waals surface area contributed by atoms with Gasteiger partial charge in [-0.05, 0) is 6.92 Å². The smallest absolute Gasteiger partial charge is 0.285 e. The third-order valence-corrected chi connectivity index (χ3v) is 1.98. The fourth-order valence-electron chi connectivity index (χ4n) is 0.942. The largest absolute Gasteiger partial charge is 0.373 e. The van der Waals surface area contributed by atoms with E-state index in [9.17, 15) is 9.59 Å². The number of nitrogens with zero attached hydrogens (tertiary/aromatic N) is 1. The van der Waals surface area contributed by atoms with Gasteiger partial charge in [0.15, 0.2) is 0 Å². The van der Waals surface area contributed by atoms with Crippen molar-refractivity contribution in [1.29, 1.82) is 0 Å². The van der Waals surface area contributed by atoms with Gasteiger partial charge in [0.05, 0.1) is 18.4 Å². The number of carbonyl (C=O) groups is 1. The third-order valence-electron chi connectivity index (χ3n) is 1.61.